The van der Waals surface area contributed by atoms with Gasteiger partial charge in [0.15, 0.2) is 0 Å². The Morgan fingerprint density at radius 2 is 1.71 bits per heavy atom. The molecule has 0 aliphatic carbocycles. The van der Waals surface area contributed by atoms with E-state index in [0.29, 0.717) is 18.7 Å². The molecule has 21 heavy (non-hydrogen) atoms. The number of esters is 1. The number of amides is 1. The molecule has 0 aliphatic heterocycles. The standard InChI is InChI=1S/C16H24N2O3/c1-5-21-15(19)10-11-18(4)16(20)14-8-6-13(7-9-14)12-17(2)3/h6-9H,5,10-12H2,1-4H3. The molecule has 0 N–H and O–H groups in total. The molecule has 116 valence electrons. The summed E-state index contributed by atoms with van der Waals surface area (Å²) in [7, 11) is 5.69. The minimum atomic E-state index is -0.279. The molecule has 0 spiro atoms. The van der Waals surface area contributed by atoms with Crippen LogP contribution < -0.4 is 0 Å². The maximum Gasteiger partial charge on any atom is 0.307 e. The summed E-state index contributed by atoms with van der Waals surface area (Å²) in [5, 5.41) is 0. The van der Waals surface area contributed by atoms with Crippen LogP contribution in [0.5, 0.6) is 0 Å². The number of ether oxygens (including phenoxy) is 1. The Morgan fingerprint density at radius 1 is 1.10 bits per heavy atom. The van der Waals surface area contributed by atoms with Crippen molar-refractivity contribution in [3.05, 3.63) is 35.4 Å². The van der Waals surface area contributed by atoms with Crippen molar-refractivity contribution < 1.29 is 14.3 Å². The Hall–Kier alpha value is -1.88. The van der Waals surface area contributed by atoms with E-state index in [4.69, 9.17) is 4.74 Å². The van der Waals surface area contributed by atoms with Crippen LogP contribution in [-0.2, 0) is 16.1 Å². The second kappa shape index (κ2) is 8.42. The van der Waals surface area contributed by atoms with Crippen molar-refractivity contribution >= 4 is 11.9 Å². The highest BCUT2D eigenvalue weighted by Crippen LogP contribution is 2.08. The van der Waals surface area contributed by atoms with E-state index in [9.17, 15) is 9.59 Å². The first kappa shape index (κ1) is 17.2. The maximum absolute atomic E-state index is 12.2. The van der Waals surface area contributed by atoms with Crippen LogP contribution >= 0.6 is 0 Å². The second-order valence-electron chi connectivity index (χ2n) is 5.22. The summed E-state index contributed by atoms with van der Waals surface area (Å²) in [6.45, 7) is 3.33. The number of carbonyl (C=O) groups excluding carboxylic acids is 2. The Bertz CT molecular complexity index is 469. The van der Waals surface area contributed by atoms with E-state index >= 15 is 0 Å². The predicted octanol–water partition coefficient (Wildman–Crippen LogP) is 1.77. The molecule has 0 bridgehead atoms. The molecule has 0 fully saturated rings. The van der Waals surface area contributed by atoms with Gasteiger partial charge >= 0.3 is 5.97 Å². The molecule has 0 radical (unpaired) electrons. The van der Waals surface area contributed by atoms with Crippen LogP contribution in [0.1, 0.15) is 29.3 Å². The van der Waals surface area contributed by atoms with E-state index in [1.165, 1.54) is 4.90 Å². The van der Waals surface area contributed by atoms with Crippen molar-refractivity contribution in [1.29, 1.82) is 0 Å². The number of carbonyl (C=O) groups is 2. The van der Waals surface area contributed by atoms with Crippen LogP contribution in [0, 0.1) is 0 Å². The number of hydrogen-bond acceptors (Lipinski definition) is 4. The van der Waals surface area contributed by atoms with E-state index in [0.717, 1.165) is 12.1 Å². The van der Waals surface area contributed by atoms with Gasteiger partial charge in [-0.1, -0.05) is 12.1 Å². The lowest BCUT2D eigenvalue weighted by molar-refractivity contribution is -0.143. The molecule has 1 aromatic carbocycles. The summed E-state index contributed by atoms with van der Waals surface area (Å²) < 4.78 is 4.85. The first-order chi connectivity index (χ1) is 9.93. The Balaban J connectivity index is 2.55. The Labute approximate surface area is 126 Å². The smallest absolute Gasteiger partial charge is 0.307 e. The van der Waals surface area contributed by atoms with E-state index in [-0.39, 0.29) is 18.3 Å². The quantitative estimate of drug-likeness (QED) is 0.719. The fraction of sp³-hybridized carbons (Fsp3) is 0.500. The predicted molar refractivity (Wildman–Crippen MR) is 82.0 cm³/mol. The van der Waals surface area contributed by atoms with Crippen LogP contribution in [0.25, 0.3) is 0 Å². The zero-order valence-electron chi connectivity index (χ0n) is 13.3. The summed E-state index contributed by atoms with van der Waals surface area (Å²) >= 11 is 0. The highest BCUT2D eigenvalue weighted by atomic mass is 16.5. The maximum atomic E-state index is 12.2. The van der Waals surface area contributed by atoms with Crippen molar-refractivity contribution in [3.8, 4) is 0 Å². The molecule has 5 heteroatoms. The zero-order valence-corrected chi connectivity index (χ0v) is 13.3. The molecule has 0 aliphatic rings. The highest BCUT2D eigenvalue weighted by Gasteiger charge is 2.13. The Kier molecular flexibility index (Phi) is 6.88. The third-order valence-corrected chi connectivity index (χ3v) is 3.00. The van der Waals surface area contributed by atoms with Gasteiger partial charge in [-0.15, -0.1) is 0 Å². The van der Waals surface area contributed by atoms with Crippen LogP contribution in [-0.4, -0.2) is 56.0 Å². The molecule has 0 unspecified atom stereocenters. The van der Waals surface area contributed by atoms with Gasteiger partial charge in [0.1, 0.15) is 0 Å². The molecule has 0 atom stereocenters. The van der Waals surface area contributed by atoms with Crippen molar-refractivity contribution in [2.24, 2.45) is 0 Å². The highest BCUT2D eigenvalue weighted by molar-refractivity contribution is 5.94. The number of nitrogens with zero attached hydrogens (tertiary/aromatic N) is 2. The Morgan fingerprint density at radius 3 is 2.24 bits per heavy atom. The van der Waals surface area contributed by atoms with Gasteiger partial charge in [0, 0.05) is 25.7 Å². The van der Waals surface area contributed by atoms with Gasteiger partial charge in [-0.05, 0) is 38.7 Å². The van der Waals surface area contributed by atoms with Crippen molar-refractivity contribution in [2.45, 2.75) is 19.9 Å². The first-order valence-electron chi connectivity index (χ1n) is 7.08. The largest absolute Gasteiger partial charge is 0.466 e. The van der Waals surface area contributed by atoms with Crippen molar-refractivity contribution in [2.75, 3.05) is 34.3 Å². The molecular formula is C16H24N2O3. The van der Waals surface area contributed by atoms with Crippen molar-refractivity contribution in [1.82, 2.24) is 9.80 Å². The summed E-state index contributed by atoms with van der Waals surface area (Å²) in [4.78, 5) is 27.1. The van der Waals surface area contributed by atoms with Gasteiger partial charge in [-0.25, -0.2) is 0 Å². The van der Waals surface area contributed by atoms with Crippen LogP contribution in [0.2, 0.25) is 0 Å². The summed E-state index contributed by atoms with van der Waals surface area (Å²) in [6, 6.07) is 7.54. The molecule has 0 heterocycles. The summed E-state index contributed by atoms with van der Waals surface area (Å²) in [6.07, 6.45) is 0.217. The lowest BCUT2D eigenvalue weighted by Gasteiger charge is -2.17. The van der Waals surface area contributed by atoms with Crippen LogP contribution in [0.3, 0.4) is 0 Å². The van der Waals surface area contributed by atoms with Gasteiger partial charge < -0.3 is 14.5 Å². The average molecular weight is 292 g/mol. The minimum Gasteiger partial charge on any atom is -0.466 e. The second-order valence-corrected chi connectivity index (χ2v) is 5.22. The molecule has 0 saturated carbocycles. The van der Waals surface area contributed by atoms with E-state index < -0.39 is 0 Å². The fourth-order valence-electron chi connectivity index (χ4n) is 1.93. The molecule has 0 saturated heterocycles. The SMILES string of the molecule is CCOC(=O)CCN(C)C(=O)c1ccc(CN(C)C)cc1. The van der Waals surface area contributed by atoms with Gasteiger partial charge in [-0.2, -0.15) is 0 Å². The van der Waals surface area contributed by atoms with Gasteiger partial charge in [0.05, 0.1) is 13.0 Å². The van der Waals surface area contributed by atoms with Gasteiger partial charge in [0.25, 0.3) is 5.91 Å². The monoisotopic (exact) mass is 292 g/mol. The van der Waals surface area contributed by atoms with E-state index in [2.05, 4.69) is 4.90 Å². The third-order valence-electron chi connectivity index (χ3n) is 3.00. The number of rotatable bonds is 7. The minimum absolute atomic E-state index is 0.0873. The fourth-order valence-corrected chi connectivity index (χ4v) is 1.93. The van der Waals surface area contributed by atoms with Crippen LogP contribution in [0.15, 0.2) is 24.3 Å². The topological polar surface area (TPSA) is 49.9 Å². The first-order valence-corrected chi connectivity index (χ1v) is 7.08. The molecule has 1 rings (SSSR count). The van der Waals surface area contributed by atoms with E-state index in [1.54, 1.807) is 14.0 Å². The van der Waals surface area contributed by atoms with Gasteiger partial charge in [-0.3, -0.25) is 9.59 Å². The lowest BCUT2D eigenvalue weighted by Crippen LogP contribution is -2.29. The van der Waals surface area contributed by atoms with E-state index in [1.807, 2.05) is 38.4 Å². The molecule has 0 aromatic heterocycles. The van der Waals surface area contributed by atoms with Crippen LogP contribution in [0.4, 0.5) is 0 Å². The molecular weight excluding hydrogens is 268 g/mol. The summed E-state index contributed by atoms with van der Waals surface area (Å²) in [5.74, 6) is -0.366. The lowest BCUT2D eigenvalue weighted by atomic mass is 10.1. The average Bonchev–Trinajstić information content (AvgIpc) is 2.44. The number of benzene rings is 1. The van der Waals surface area contributed by atoms with Crippen molar-refractivity contribution in [3.63, 3.8) is 0 Å². The zero-order chi connectivity index (χ0) is 15.8. The third kappa shape index (κ3) is 5.95. The number of hydrogen-bond donors (Lipinski definition) is 0. The summed E-state index contributed by atoms with van der Waals surface area (Å²) in [5.41, 5.74) is 1.79. The molecule has 1 aromatic rings. The molecule has 1 amide bonds. The molecule has 5 nitrogen and oxygen atoms in total. The normalized spacial score (nSPS) is 10.5. The van der Waals surface area contributed by atoms with Gasteiger partial charge in [0.2, 0.25) is 0 Å².